The molecule has 4 aromatic rings. The van der Waals surface area contributed by atoms with Crippen LogP contribution in [-0.4, -0.2) is 20.0 Å². The van der Waals surface area contributed by atoms with E-state index in [9.17, 15) is 4.79 Å². The van der Waals surface area contributed by atoms with Crippen molar-refractivity contribution in [1.29, 1.82) is 0 Å². The molecular weight excluding hydrogens is 336 g/mol. The van der Waals surface area contributed by atoms with Gasteiger partial charge >= 0.3 is 0 Å². The first kappa shape index (κ1) is 17.1. The maximum atomic E-state index is 12.5. The van der Waals surface area contributed by atoms with Crippen LogP contribution in [0, 0.1) is 6.92 Å². The molecule has 5 heteroatoms. The molecule has 0 atom stereocenters. The van der Waals surface area contributed by atoms with Gasteiger partial charge in [0.1, 0.15) is 0 Å². The zero-order valence-corrected chi connectivity index (χ0v) is 15.7. The largest absolute Gasteiger partial charge is 0.366 e. The number of carbonyl (C=O) groups excluding carboxylic acids is 1. The SMILES string of the molecule is CCc1c(-n2cccc2)cnc(-c2c(C)n(C)c3ccccc23)c1C(N)=O. The molecule has 0 saturated heterocycles. The third-order valence-corrected chi connectivity index (χ3v) is 5.28. The summed E-state index contributed by atoms with van der Waals surface area (Å²) in [6, 6.07) is 12.1. The van der Waals surface area contributed by atoms with Gasteiger partial charge < -0.3 is 14.9 Å². The molecule has 5 nitrogen and oxygen atoms in total. The number of nitrogens with two attached hydrogens (primary N) is 1. The van der Waals surface area contributed by atoms with Gasteiger partial charge in [-0.3, -0.25) is 9.78 Å². The van der Waals surface area contributed by atoms with Crippen LogP contribution in [-0.2, 0) is 13.5 Å². The lowest BCUT2D eigenvalue weighted by Crippen LogP contribution is -2.18. The van der Waals surface area contributed by atoms with E-state index in [4.69, 9.17) is 10.7 Å². The number of primary amides is 1. The van der Waals surface area contributed by atoms with Gasteiger partial charge in [0.15, 0.2) is 0 Å². The summed E-state index contributed by atoms with van der Waals surface area (Å²) in [5, 5.41) is 1.07. The standard InChI is InChI=1S/C22H22N4O/c1-4-15-18(26-11-7-8-12-26)13-24-21(20(15)22(23)27)19-14(2)25(3)17-10-6-5-9-16(17)19/h5-13H,4H2,1-3H3,(H2,23,27). The Morgan fingerprint density at radius 2 is 1.85 bits per heavy atom. The molecule has 1 amide bonds. The maximum Gasteiger partial charge on any atom is 0.251 e. The number of para-hydroxylation sites is 1. The Kier molecular flexibility index (Phi) is 4.07. The summed E-state index contributed by atoms with van der Waals surface area (Å²) in [6.45, 7) is 4.09. The Balaban J connectivity index is 2.09. The Morgan fingerprint density at radius 1 is 1.15 bits per heavy atom. The second kappa shape index (κ2) is 6.43. The normalized spacial score (nSPS) is 11.2. The molecule has 3 aromatic heterocycles. The van der Waals surface area contributed by atoms with Crippen molar-refractivity contribution >= 4 is 16.8 Å². The summed E-state index contributed by atoms with van der Waals surface area (Å²) >= 11 is 0. The Morgan fingerprint density at radius 3 is 2.52 bits per heavy atom. The number of fused-ring (bicyclic) bond motifs is 1. The molecule has 0 aliphatic rings. The van der Waals surface area contributed by atoms with Crippen molar-refractivity contribution in [1.82, 2.24) is 14.1 Å². The molecule has 2 N–H and O–H groups in total. The molecule has 3 heterocycles. The van der Waals surface area contributed by atoms with Gasteiger partial charge in [0.25, 0.3) is 5.91 Å². The Bertz CT molecular complexity index is 1150. The lowest BCUT2D eigenvalue weighted by molar-refractivity contribution is 0.0999. The maximum absolute atomic E-state index is 12.5. The van der Waals surface area contributed by atoms with Crippen LogP contribution in [0.5, 0.6) is 0 Å². The molecule has 0 spiro atoms. The number of pyridine rings is 1. The van der Waals surface area contributed by atoms with Crippen LogP contribution >= 0.6 is 0 Å². The van der Waals surface area contributed by atoms with Crippen LogP contribution in [0.15, 0.2) is 55.0 Å². The van der Waals surface area contributed by atoms with Crippen LogP contribution in [0.1, 0.15) is 28.5 Å². The zero-order valence-electron chi connectivity index (χ0n) is 15.7. The molecule has 27 heavy (non-hydrogen) atoms. The van der Waals surface area contributed by atoms with E-state index in [0.29, 0.717) is 17.7 Å². The predicted molar refractivity (Wildman–Crippen MR) is 108 cm³/mol. The van der Waals surface area contributed by atoms with Crippen LogP contribution in [0.3, 0.4) is 0 Å². The van der Waals surface area contributed by atoms with Gasteiger partial charge in [0.05, 0.1) is 23.1 Å². The van der Waals surface area contributed by atoms with Gasteiger partial charge in [-0.1, -0.05) is 25.1 Å². The Labute approximate surface area is 158 Å². The molecule has 4 rings (SSSR count). The fourth-order valence-corrected chi connectivity index (χ4v) is 3.89. The number of hydrogen-bond acceptors (Lipinski definition) is 2. The number of carbonyl (C=O) groups is 1. The van der Waals surface area contributed by atoms with Crippen LogP contribution in [0.25, 0.3) is 27.8 Å². The van der Waals surface area contributed by atoms with Crippen LogP contribution in [0.2, 0.25) is 0 Å². The van der Waals surface area contributed by atoms with E-state index in [2.05, 4.69) is 16.7 Å². The van der Waals surface area contributed by atoms with Gasteiger partial charge in [-0.15, -0.1) is 0 Å². The van der Waals surface area contributed by atoms with Crippen molar-refractivity contribution in [3.8, 4) is 16.9 Å². The number of nitrogens with zero attached hydrogens (tertiary/aromatic N) is 3. The van der Waals surface area contributed by atoms with Gasteiger partial charge in [0, 0.05) is 41.6 Å². The average molecular weight is 358 g/mol. The summed E-state index contributed by atoms with van der Waals surface area (Å²) in [4.78, 5) is 17.2. The molecule has 1 aromatic carbocycles. The number of aryl methyl sites for hydroxylation is 1. The van der Waals surface area contributed by atoms with E-state index < -0.39 is 5.91 Å². The number of hydrogen-bond donors (Lipinski definition) is 1. The molecule has 0 aliphatic carbocycles. The highest BCUT2D eigenvalue weighted by atomic mass is 16.1. The summed E-state index contributed by atoms with van der Waals surface area (Å²) in [5.74, 6) is -0.448. The minimum absolute atomic E-state index is 0.448. The smallest absolute Gasteiger partial charge is 0.251 e. The summed E-state index contributed by atoms with van der Waals surface area (Å²) in [5.41, 5.74) is 11.9. The first-order chi connectivity index (χ1) is 13.0. The van der Waals surface area contributed by atoms with Crippen LogP contribution < -0.4 is 5.73 Å². The van der Waals surface area contributed by atoms with E-state index in [1.165, 1.54) is 0 Å². The molecule has 0 fully saturated rings. The summed E-state index contributed by atoms with van der Waals surface area (Å²) < 4.78 is 4.10. The zero-order chi connectivity index (χ0) is 19.1. The van der Waals surface area contributed by atoms with Gasteiger partial charge in [-0.25, -0.2) is 0 Å². The first-order valence-electron chi connectivity index (χ1n) is 9.04. The molecule has 0 bridgehead atoms. The van der Waals surface area contributed by atoms with Crippen molar-refractivity contribution in [2.24, 2.45) is 12.8 Å². The van der Waals surface area contributed by atoms with Crippen molar-refractivity contribution < 1.29 is 4.79 Å². The highest BCUT2D eigenvalue weighted by Crippen LogP contribution is 2.36. The predicted octanol–water partition coefficient (Wildman–Crippen LogP) is 4.00. The second-order valence-electron chi connectivity index (χ2n) is 6.69. The lowest BCUT2D eigenvalue weighted by atomic mass is 9.96. The second-order valence-corrected chi connectivity index (χ2v) is 6.69. The number of aromatic nitrogens is 3. The molecule has 0 aliphatic heterocycles. The topological polar surface area (TPSA) is 65.8 Å². The van der Waals surface area contributed by atoms with E-state index in [-0.39, 0.29) is 0 Å². The fraction of sp³-hybridized carbons (Fsp3) is 0.182. The van der Waals surface area contributed by atoms with Gasteiger partial charge in [-0.05, 0) is 37.1 Å². The highest BCUT2D eigenvalue weighted by molar-refractivity contribution is 6.06. The summed E-state index contributed by atoms with van der Waals surface area (Å²) in [6.07, 6.45) is 6.42. The molecular formula is C22H22N4O. The molecule has 0 saturated carbocycles. The minimum atomic E-state index is -0.448. The number of amides is 1. The Hall–Kier alpha value is -3.34. The first-order valence-corrected chi connectivity index (χ1v) is 9.04. The molecule has 0 unspecified atom stereocenters. The van der Waals surface area contributed by atoms with E-state index in [1.54, 1.807) is 0 Å². The third-order valence-electron chi connectivity index (χ3n) is 5.28. The molecule has 136 valence electrons. The van der Waals surface area contributed by atoms with Crippen molar-refractivity contribution in [2.45, 2.75) is 20.3 Å². The van der Waals surface area contributed by atoms with Crippen molar-refractivity contribution in [3.05, 3.63) is 71.8 Å². The summed E-state index contributed by atoms with van der Waals surface area (Å²) in [7, 11) is 2.03. The minimum Gasteiger partial charge on any atom is -0.366 e. The van der Waals surface area contributed by atoms with E-state index in [0.717, 1.165) is 33.4 Å². The highest BCUT2D eigenvalue weighted by Gasteiger charge is 2.24. The van der Waals surface area contributed by atoms with Crippen LogP contribution in [0.4, 0.5) is 0 Å². The number of rotatable bonds is 4. The third kappa shape index (κ3) is 2.54. The lowest BCUT2D eigenvalue weighted by Gasteiger charge is -2.16. The van der Waals surface area contributed by atoms with Crippen molar-refractivity contribution in [3.63, 3.8) is 0 Å². The van der Waals surface area contributed by atoms with Gasteiger partial charge in [0.2, 0.25) is 0 Å². The van der Waals surface area contributed by atoms with E-state index in [1.807, 2.05) is 68.3 Å². The fourth-order valence-electron chi connectivity index (χ4n) is 3.89. The molecule has 0 radical (unpaired) electrons. The quantitative estimate of drug-likeness (QED) is 0.599. The van der Waals surface area contributed by atoms with E-state index >= 15 is 0 Å². The monoisotopic (exact) mass is 358 g/mol. The average Bonchev–Trinajstić information content (AvgIpc) is 3.29. The number of benzene rings is 1. The van der Waals surface area contributed by atoms with Gasteiger partial charge in [-0.2, -0.15) is 0 Å². The van der Waals surface area contributed by atoms with Crippen molar-refractivity contribution in [2.75, 3.05) is 0 Å².